The van der Waals surface area contributed by atoms with Gasteiger partial charge < -0.3 is 19.3 Å². The average Bonchev–Trinajstić information content (AvgIpc) is 3.26. The zero-order valence-corrected chi connectivity index (χ0v) is 37.0. The number of esters is 2. The number of alkyl halides is 3. The maximum atomic E-state index is 13.2. The topological polar surface area (TPSA) is 238 Å². The number of primary sulfonamides is 1. The van der Waals surface area contributed by atoms with E-state index in [0.717, 1.165) is 50.3 Å². The summed E-state index contributed by atoms with van der Waals surface area (Å²) in [6, 6.07) is 21.3. The van der Waals surface area contributed by atoms with Gasteiger partial charge in [0.15, 0.2) is 0 Å². The minimum absolute atomic E-state index is 0.0253. The van der Waals surface area contributed by atoms with E-state index in [2.05, 4.69) is 25.2 Å². The molecule has 0 fully saturated rings. The zero-order chi connectivity index (χ0) is 47.3. The van der Waals surface area contributed by atoms with Gasteiger partial charge >= 0.3 is 18.1 Å². The Morgan fingerprint density at radius 1 is 0.785 bits per heavy atom. The van der Waals surface area contributed by atoms with Crippen molar-refractivity contribution >= 4 is 61.3 Å². The van der Waals surface area contributed by atoms with Crippen LogP contribution in [0.5, 0.6) is 17.2 Å². The number of aryl methyl sites for hydroxylation is 1. The molecule has 0 saturated carbocycles. The maximum Gasteiger partial charge on any atom is 0.420 e. The number of azo groups is 2. The van der Waals surface area contributed by atoms with Crippen LogP contribution in [-0.2, 0) is 36.6 Å². The van der Waals surface area contributed by atoms with Crippen molar-refractivity contribution in [3.05, 3.63) is 114 Å². The molecule has 0 aliphatic carbocycles. The lowest BCUT2D eigenvalue weighted by Crippen LogP contribution is -2.14. The highest BCUT2D eigenvalue weighted by Crippen LogP contribution is 2.40. The molecule has 0 bridgehead atoms. The molecule has 65 heavy (non-hydrogen) atoms. The van der Waals surface area contributed by atoms with Crippen molar-refractivity contribution in [1.29, 1.82) is 0 Å². The number of ether oxygens (including phenoxy) is 3. The fraction of sp³-hybridized carbons (Fsp3) is 0.273. The van der Waals surface area contributed by atoms with Crippen LogP contribution >= 0.6 is 0 Å². The van der Waals surface area contributed by atoms with E-state index in [1.165, 1.54) is 42.5 Å². The standard InChI is InChI=1S/C44H45F3N6O10S2/c1-4-27(2)42(55)62-22-8-6-5-7-21-61-34-15-9-29(10-16-34)43(56)63-40-20-14-30(23-28(40)3)49-52-33-12-18-36(41(26-33)65(48,59)60)35-17-11-32(25-38(35)53-64(57)58)51-50-31-13-19-39(54)37(24-31)44(45,46)47/h9-20,23-27,54,64H,4-8,21-22H2,1-3H3,(H2,48,59,60)(H,53,57,58). The molecule has 0 amide bonds. The van der Waals surface area contributed by atoms with Crippen molar-refractivity contribution in [2.45, 2.75) is 63.9 Å². The smallest absolute Gasteiger partial charge is 0.420 e. The first-order chi connectivity index (χ1) is 30.8. The molecule has 5 aromatic rings. The minimum Gasteiger partial charge on any atom is -0.507 e. The van der Waals surface area contributed by atoms with Crippen LogP contribution in [0.1, 0.15) is 67.4 Å². The number of hydrogen-bond donors (Lipinski definition) is 4. The summed E-state index contributed by atoms with van der Waals surface area (Å²) in [4.78, 5) is 24.2. The highest BCUT2D eigenvalue weighted by atomic mass is 32.2. The number of carbonyl (C=O) groups excluding carboxylic acids is 2. The van der Waals surface area contributed by atoms with Crippen LogP contribution in [-0.4, -0.2) is 47.1 Å². The van der Waals surface area contributed by atoms with E-state index in [1.54, 1.807) is 37.3 Å². The Morgan fingerprint density at radius 3 is 1.95 bits per heavy atom. The lowest BCUT2D eigenvalue weighted by molar-refractivity contribution is -0.148. The first kappa shape index (κ1) is 49.3. The number of halogens is 3. The number of phenols is 1. The summed E-state index contributed by atoms with van der Waals surface area (Å²) in [5.74, 6) is -1.00. The van der Waals surface area contributed by atoms with Crippen LogP contribution in [0.25, 0.3) is 11.1 Å². The number of phenolic OH excluding ortho intramolecular Hbond substituents is 1. The second-order valence-corrected chi connectivity index (χ2v) is 16.8. The molecule has 21 heteroatoms. The maximum absolute atomic E-state index is 13.2. The SMILES string of the molecule is CCC(C)C(=O)OCCCCCCOc1ccc(C(=O)Oc2ccc(N=Nc3ccc(-c4ccc(N=Nc5ccc(O)c(C(F)(F)F)c5)cc4N[SH](=O)=O)c(S(N)(=O)=O)c3)cc2C)cc1. The number of sulfonamides is 1. The van der Waals surface area contributed by atoms with E-state index < -0.39 is 49.3 Å². The summed E-state index contributed by atoms with van der Waals surface area (Å²) < 4.78 is 108. The molecule has 5 aromatic carbocycles. The molecule has 0 aliphatic heterocycles. The number of nitrogens with zero attached hydrogens (tertiary/aromatic N) is 4. The number of benzene rings is 5. The molecule has 0 spiro atoms. The predicted molar refractivity (Wildman–Crippen MR) is 236 cm³/mol. The van der Waals surface area contributed by atoms with Crippen LogP contribution in [0, 0.1) is 12.8 Å². The van der Waals surface area contributed by atoms with Crippen molar-refractivity contribution < 1.29 is 58.9 Å². The van der Waals surface area contributed by atoms with Gasteiger partial charge in [0, 0.05) is 11.1 Å². The molecule has 0 saturated heterocycles. The van der Waals surface area contributed by atoms with E-state index in [-0.39, 0.29) is 51.5 Å². The molecule has 5 rings (SSSR count). The van der Waals surface area contributed by atoms with E-state index >= 15 is 0 Å². The van der Waals surface area contributed by atoms with E-state index in [0.29, 0.717) is 41.8 Å². The van der Waals surface area contributed by atoms with Gasteiger partial charge in [-0.15, -0.1) is 0 Å². The summed E-state index contributed by atoms with van der Waals surface area (Å²) in [6.07, 6.45) is -0.680. The molecule has 1 unspecified atom stereocenters. The Hall–Kier alpha value is -6.71. The van der Waals surface area contributed by atoms with Crippen molar-refractivity contribution in [3.63, 3.8) is 0 Å². The summed E-state index contributed by atoms with van der Waals surface area (Å²) >= 11 is 0. The molecule has 344 valence electrons. The van der Waals surface area contributed by atoms with Crippen LogP contribution in [0.15, 0.2) is 122 Å². The number of nitrogens with one attached hydrogen (secondary N) is 1. The normalized spacial score (nSPS) is 12.4. The Balaban J connectivity index is 1.22. The minimum atomic E-state index is -4.86. The fourth-order valence-electron chi connectivity index (χ4n) is 5.98. The molecule has 0 aromatic heterocycles. The van der Waals surface area contributed by atoms with Crippen LogP contribution in [0.4, 0.5) is 41.6 Å². The number of thiol groups is 1. The lowest BCUT2D eigenvalue weighted by atomic mass is 10.0. The Morgan fingerprint density at radius 2 is 1.35 bits per heavy atom. The van der Waals surface area contributed by atoms with Gasteiger partial charge in [-0.2, -0.15) is 33.6 Å². The molecule has 0 radical (unpaired) electrons. The van der Waals surface area contributed by atoms with Gasteiger partial charge in [0.25, 0.3) is 0 Å². The Kier molecular flexibility index (Phi) is 16.9. The molecule has 0 aliphatic rings. The summed E-state index contributed by atoms with van der Waals surface area (Å²) in [7, 11) is -7.78. The van der Waals surface area contributed by atoms with Gasteiger partial charge in [-0.3, -0.25) is 9.52 Å². The number of anilines is 1. The highest BCUT2D eigenvalue weighted by molar-refractivity contribution is 7.89. The van der Waals surface area contributed by atoms with Gasteiger partial charge in [-0.1, -0.05) is 26.0 Å². The van der Waals surface area contributed by atoms with Crippen LogP contribution in [0.2, 0.25) is 0 Å². The fourth-order valence-corrected chi connectivity index (χ4v) is 7.13. The molecule has 0 heterocycles. The van der Waals surface area contributed by atoms with Gasteiger partial charge in [-0.25, -0.2) is 26.8 Å². The van der Waals surface area contributed by atoms with E-state index in [4.69, 9.17) is 19.3 Å². The van der Waals surface area contributed by atoms with E-state index in [1.807, 2.05) is 13.8 Å². The number of aromatic hydroxyl groups is 1. The Labute approximate surface area is 374 Å². The highest BCUT2D eigenvalue weighted by Gasteiger charge is 2.34. The van der Waals surface area contributed by atoms with Crippen LogP contribution in [0.3, 0.4) is 0 Å². The predicted octanol–water partition coefficient (Wildman–Crippen LogP) is 10.6. The zero-order valence-electron chi connectivity index (χ0n) is 35.2. The number of rotatable bonds is 20. The van der Waals surface area contributed by atoms with Gasteiger partial charge in [-0.05, 0) is 130 Å². The third-order valence-corrected chi connectivity index (χ3v) is 11.0. The number of nitrogens with two attached hydrogens (primary N) is 1. The van der Waals surface area contributed by atoms with Gasteiger partial charge in [0.1, 0.15) is 17.2 Å². The van der Waals surface area contributed by atoms with Crippen molar-refractivity contribution in [1.82, 2.24) is 0 Å². The average molecular weight is 939 g/mol. The second kappa shape index (κ2) is 22.3. The molecular formula is C44H45F3N6O10S2. The molecule has 4 N–H and O–H groups in total. The number of hydrogen-bond acceptors (Lipinski definition) is 14. The van der Waals surface area contributed by atoms with E-state index in [9.17, 15) is 44.7 Å². The van der Waals surface area contributed by atoms with Gasteiger partial charge in [0.05, 0.1) is 63.6 Å². The number of carbonyl (C=O) groups is 2. The first-order valence-electron chi connectivity index (χ1n) is 20.0. The number of unbranched alkanes of at least 4 members (excludes halogenated alkanes) is 3. The molecular weight excluding hydrogens is 894 g/mol. The molecule has 16 nitrogen and oxygen atoms in total. The van der Waals surface area contributed by atoms with Crippen molar-refractivity contribution in [2.75, 3.05) is 17.9 Å². The lowest BCUT2D eigenvalue weighted by Gasteiger charge is -2.13. The van der Waals surface area contributed by atoms with Gasteiger partial charge in [0.2, 0.25) is 20.9 Å². The third kappa shape index (κ3) is 14.4. The molecule has 1 atom stereocenters. The second-order valence-electron chi connectivity index (χ2n) is 14.5. The van der Waals surface area contributed by atoms with Crippen LogP contribution < -0.4 is 19.3 Å². The monoisotopic (exact) mass is 938 g/mol. The largest absolute Gasteiger partial charge is 0.507 e. The first-order valence-corrected chi connectivity index (χ1v) is 22.7. The van der Waals surface area contributed by atoms with Crippen molar-refractivity contribution in [2.24, 2.45) is 31.5 Å². The summed E-state index contributed by atoms with van der Waals surface area (Å²) in [6.45, 7) is 6.39. The Bertz CT molecular complexity index is 2760. The quantitative estimate of drug-likeness (QED) is 0.0189. The summed E-state index contributed by atoms with van der Waals surface area (Å²) in [5, 5.41) is 31.1. The third-order valence-electron chi connectivity index (χ3n) is 9.64. The van der Waals surface area contributed by atoms with Crippen molar-refractivity contribution in [3.8, 4) is 28.4 Å². The summed E-state index contributed by atoms with van der Waals surface area (Å²) in [5.41, 5.74) is -0.557.